The van der Waals surface area contributed by atoms with Gasteiger partial charge in [0.2, 0.25) is 11.9 Å². The van der Waals surface area contributed by atoms with Crippen molar-refractivity contribution in [1.29, 1.82) is 0 Å². The van der Waals surface area contributed by atoms with Gasteiger partial charge in [-0.3, -0.25) is 0 Å². The number of rotatable bonds is 3. The Morgan fingerprint density at radius 2 is 1.44 bits per heavy atom. The van der Waals surface area contributed by atoms with Crippen molar-refractivity contribution >= 4 is 30.2 Å². The van der Waals surface area contributed by atoms with Gasteiger partial charge >= 0.3 is 6.97 Å². The van der Waals surface area contributed by atoms with Crippen molar-refractivity contribution in [3.8, 4) is 29.0 Å². The van der Waals surface area contributed by atoms with Crippen molar-refractivity contribution in [2.24, 2.45) is 0 Å². The fourth-order valence-corrected chi connectivity index (χ4v) is 5.85. The molecule has 2 aliphatic heterocycles. The maximum atomic E-state index is 16.0. The number of allylic oxidation sites excluding steroid dienone is 3. The second-order valence-electron chi connectivity index (χ2n) is 11.2. The van der Waals surface area contributed by atoms with Crippen LogP contribution in [0.2, 0.25) is 0 Å². The molecular formula is C30H34BF2N7O. The minimum Gasteiger partial charge on any atom is -0.507 e. The van der Waals surface area contributed by atoms with Crippen LogP contribution in [0.1, 0.15) is 48.8 Å². The molecule has 0 radical (unpaired) electrons. The molecule has 0 saturated heterocycles. The number of hydrogen-bond acceptors (Lipinski definition) is 6. The van der Waals surface area contributed by atoms with E-state index in [2.05, 4.69) is 26.8 Å². The van der Waals surface area contributed by atoms with Crippen LogP contribution >= 0.6 is 0 Å². The molecule has 1 N–H and O–H groups in total. The van der Waals surface area contributed by atoms with E-state index >= 15 is 8.63 Å². The fourth-order valence-electron chi connectivity index (χ4n) is 5.85. The Labute approximate surface area is 239 Å². The number of phenolic OH excluding ortho intramolecular Hbond substituents is 1. The summed E-state index contributed by atoms with van der Waals surface area (Å²) in [6.45, 7) is 6.73. The average Bonchev–Trinajstić information content (AvgIpc) is 3.35. The Balaban J connectivity index is 1.65. The van der Waals surface area contributed by atoms with Gasteiger partial charge in [0.25, 0.3) is 0 Å². The molecule has 3 aromatic rings. The molecule has 2 aromatic heterocycles. The molecule has 2 aliphatic rings. The molecule has 11 heteroatoms. The number of fused-ring (bicyclic) bond motifs is 2. The van der Waals surface area contributed by atoms with Gasteiger partial charge in [0.05, 0.1) is 11.1 Å². The molecule has 4 heterocycles. The first-order valence-electron chi connectivity index (χ1n) is 13.4. The van der Waals surface area contributed by atoms with Crippen LogP contribution in [-0.2, 0) is 0 Å². The smallest absolute Gasteiger partial charge is 0.507 e. The highest BCUT2D eigenvalue weighted by molar-refractivity contribution is 6.58. The summed E-state index contributed by atoms with van der Waals surface area (Å²) in [7, 11) is 7.32. The van der Waals surface area contributed by atoms with Crippen molar-refractivity contribution in [1.82, 2.24) is 19.4 Å². The normalized spacial score (nSPS) is 15.6. The van der Waals surface area contributed by atoms with Crippen LogP contribution in [0.4, 0.5) is 20.5 Å². The van der Waals surface area contributed by atoms with Gasteiger partial charge in [-0.1, -0.05) is 11.8 Å². The van der Waals surface area contributed by atoms with Gasteiger partial charge in [0.1, 0.15) is 11.5 Å². The number of anilines is 2. The second-order valence-corrected chi connectivity index (χ2v) is 11.2. The van der Waals surface area contributed by atoms with Gasteiger partial charge in [-0.15, -0.1) is 0 Å². The highest BCUT2D eigenvalue weighted by Gasteiger charge is 2.55. The molecule has 0 unspecified atom stereocenters. The Morgan fingerprint density at radius 1 is 0.829 bits per heavy atom. The molecule has 0 atom stereocenters. The molecule has 41 heavy (non-hydrogen) atoms. The van der Waals surface area contributed by atoms with Crippen LogP contribution in [0.5, 0.6) is 5.75 Å². The maximum Gasteiger partial charge on any atom is 0.737 e. The zero-order valence-electron chi connectivity index (χ0n) is 25.1. The average molecular weight is 557 g/mol. The van der Waals surface area contributed by atoms with Crippen LogP contribution in [0, 0.1) is 32.6 Å². The third kappa shape index (κ3) is 4.29. The van der Waals surface area contributed by atoms with Crippen LogP contribution in [-0.4, -0.2) is 69.9 Å². The van der Waals surface area contributed by atoms with E-state index in [9.17, 15) is 5.11 Å². The van der Waals surface area contributed by atoms with E-state index in [0.29, 0.717) is 62.8 Å². The summed E-state index contributed by atoms with van der Waals surface area (Å²) < 4.78 is 34.4. The van der Waals surface area contributed by atoms with E-state index in [1.807, 2.05) is 55.0 Å². The highest BCUT2D eigenvalue weighted by atomic mass is 19.2. The van der Waals surface area contributed by atoms with E-state index in [1.54, 1.807) is 42.7 Å². The quantitative estimate of drug-likeness (QED) is 0.364. The Morgan fingerprint density at radius 3 is 2.02 bits per heavy atom. The lowest BCUT2D eigenvalue weighted by molar-refractivity contribution is -0.363. The van der Waals surface area contributed by atoms with E-state index in [0.717, 1.165) is 21.2 Å². The summed E-state index contributed by atoms with van der Waals surface area (Å²) >= 11 is 0. The van der Waals surface area contributed by atoms with E-state index in [4.69, 9.17) is 0 Å². The predicted molar refractivity (Wildman–Crippen MR) is 161 cm³/mol. The molecule has 0 amide bonds. The zero-order valence-corrected chi connectivity index (χ0v) is 25.1. The monoisotopic (exact) mass is 557 g/mol. The first kappa shape index (κ1) is 28.1. The zero-order chi connectivity index (χ0) is 30.1. The minimum atomic E-state index is -4.08. The standard InChI is InChI=1S/C30H34BF2N7O/c1-16-13-18(3)39-25(16)20(5)26-19(4)23(21(6)40(26)31(39,32)33)12-11-22-14-17(2)27(41)24(15-22)28-34-29(37(7)8)36-30(35-28)38(9)10/h13-15,41H,1-10H3. The third-order valence-corrected chi connectivity index (χ3v) is 7.73. The van der Waals surface area contributed by atoms with Gasteiger partial charge in [-0.05, 0) is 69.6 Å². The number of hydrogen-bond donors (Lipinski definition) is 1. The summed E-state index contributed by atoms with van der Waals surface area (Å²) in [6, 6.07) is 5.30. The van der Waals surface area contributed by atoms with Crippen LogP contribution in [0.3, 0.4) is 0 Å². The lowest BCUT2D eigenvalue weighted by Crippen LogP contribution is -2.51. The molecule has 0 saturated carbocycles. The fraction of sp³-hybridized carbons (Fsp3) is 0.333. The van der Waals surface area contributed by atoms with E-state index in [1.165, 1.54) is 4.48 Å². The lowest BCUT2D eigenvalue weighted by Gasteiger charge is -2.32. The summed E-state index contributed by atoms with van der Waals surface area (Å²) in [5, 5.41) is 10.9. The first-order chi connectivity index (χ1) is 19.1. The third-order valence-electron chi connectivity index (χ3n) is 7.73. The lowest BCUT2D eigenvalue weighted by atomic mass is 9.86. The predicted octanol–water partition coefficient (Wildman–Crippen LogP) is 4.93. The molecule has 212 valence electrons. The van der Waals surface area contributed by atoms with Crippen LogP contribution in [0.15, 0.2) is 35.0 Å². The Bertz CT molecular complexity index is 1780. The van der Waals surface area contributed by atoms with Crippen molar-refractivity contribution in [3.63, 3.8) is 0 Å². The SMILES string of the molecule is CC1=C(C#Cc2cc(C)c(O)c(-c3nc(N(C)C)nc(N(C)C)n3)c2)C(C)=[N+]2C1=C(C)c1c(C)cc(C)n1[B-]2(F)F. The minimum absolute atomic E-state index is 0.0445. The number of aryl methyl sites for hydroxylation is 3. The van der Waals surface area contributed by atoms with Gasteiger partial charge in [-0.2, -0.15) is 15.0 Å². The largest absolute Gasteiger partial charge is 0.737 e. The highest BCUT2D eigenvalue weighted by Crippen LogP contribution is 2.42. The van der Waals surface area contributed by atoms with Crippen molar-refractivity contribution < 1.29 is 18.2 Å². The molecule has 1 aromatic carbocycles. The first-order valence-corrected chi connectivity index (χ1v) is 13.4. The van der Waals surface area contributed by atoms with Crippen LogP contribution in [0.25, 0.3) is 17.0 Å². The van der Waals surface area contributed by atoms with Gasteiger partial charge in [0, 0.05) is 57.5 Å². The topological polar surface area (TPSA) is 73.3 Å². The molecule has 0 fully saturated rings. The van der Waals surface area contributed by atoms with Gasteiger partial charge in [-0.25, -0.2) is 0 Å². The number of halogens is 2. The molecular weight excluding hydrogens is 523 g/mol. The molecule has 0 spiro atoms. The van der Waals surface area contributed by atoms with E-state index < -0.39 is 6.97 Å². The molecule has 8 nitrogen and oxygen atoms in total. The Kier molecular flexibility index (Phi) is 6.56. The summed E-state index contributed by atoms with van der Waals surface area (Å²) in [6.07, 6.45) is 0. The van der Waals surface area contributed by atoms with Gasteiger partial charge < -0.3 is 32.5 Å². The number of aromatic hydroxyl groups is 1. The maximum absolute atomic E-state index is 16.0. The van der Waals surface area contributed by atoms with Crippen LogP contribution < -0.4 is 9.80 Å². The molecule has 0 aliphatic carbocycles. The van der Waals surface area contributed by atoms with Crippen molar-refractivity contribution in [2.45, 2.75) is 41.5 Å². The second kappa shape index (κ2) is 9.58. The van der Waals surface area contributed by atoms with E-state index in [-0.39, 0.29) is 5.75 Å². The number of nitrogens with zero attached hydrogens (tertiary/aromatic N) is 7. The number of benzene rings is 1. The molecule has 0 bridgehead atoms. The number of phenols is 1. The van der Waals surface area contributed by atoms with Gasteiger partial charge in [0.15, 0.2) is 11.5 Å². The van der Waals surface area contributed by atoms with Crippen molar-refractivity contribution in [2.75, 3.05) is 38.0 Å². The van der Waals surface area contributed by atoms with Crippen molar-refractivity contribution in [3.05, 3.63) is 63.1 Å². The summed E-state index contributed by atoms with van der Waals surface area (Å²) in [4.78, 5) is 17.1. The summed E-state index contributed by atoms with van der Waals surface area (Å²) in [5.74, 6) is 7.59. The summed E-state index contributed by atoms with van der Waals surface area (Å²) in [5.41, 5.74) is 6.59. The Hall–Kier alpha value is -4.46. The number of aromatic nitrogens is 4. The molecule has 5 rings (SSSR count).